The summed E-state index contributed by atoms with van der Waals surface area (Å²) < 4.78 is 19.2. The first kappa shape index (κ1) is 21.0. The minimum absolute atomic E-state index is 0.0105. The van der Waals surface area contributed by atoms with Gasteiger partial charge in [0.1, 0.15) is 18.2 Å². The van der Waals surface area contributed by atoms with Crippen molar-refractivity contribution in [2.45, 2.75) is 57.2 Å². The second kappa shape index (κ2) is 9.30. The fourth-order valence-electron chi connectivity index (χ4n) is 4.89. The third-order valence-corrected chi connectivity index (χ3v) is 6.40. The summed E-state index contributed by atoms with van der Waals surface area (Å²) in [5.41, 5.74) is 1.70. The number of Topliss-reactive ketones (excluding diaryl/α,β-unsaturated/α-hetero) is 1. The number of nitriles is 1. The van der Waals surface area contributed by atoms with E-state index < -0.39 is 5.82 Å². The van der Waals surface area contributed by atoms with Crippen LogP contribution < -0.4 is 0 Å². The van der Waals surface area contributed by atoms with Crippen molar-refractivity contribution in [1.82, 2.24) is 4.90 Å². The quantitative estimate of drug-likeness (QED) is 0.698. The Balaban J connectivity index is 1.41. The first-order valence-electron chi connectivity index (χ1n) is 10.8. The fourth-order valence-corrected chi connectivity index (χ4v) is 4.89. The number of amides is 1. The first-order chi connectivity index (χ1) is 15.0. The number of hydrogen-bond donors (Lipinski definition) is 0. The molecule has 6 heteroatoms. The van der Waals surface area contributed by atoms with Gasteiger partial charge < -0.3 is 9.64 Å². The van der Waals surface area contributed by atoms with Crippen molar-refractivity contribution in [3.8, 4) is 6.07 Å². The number of fused-ring (bicyclic) bond motifs is 2. The topological polar surface area (TPSA) is 70.4 Å². The van der Waals surface area contributed by atoms with Crippen molar-refractivity contribution in [2.24, 2.45) is 5.92 Å². The van der Waals surface area contributed by atoms with Crippen LogP contribution in [-0.4, -0.2) is 28.9 Å². The number of carbonyl (C=O) groups excluding carboxylic acids is 2. The number of piperidine rings is 2. The van der Waals surface area contributed by atoms with Crippen molar-refractivity contribution in [3.63, 3.8) is 0 Å². The summed E-state index contributed by atoms with van der Waals surface area (Å²) in [6.07, 6.45) is 3.64. The smallest absolute Gasteiger partial charge is 0.410 e. The lowest BCUT2D eigenvalue weighted by Crippen LogP contribution is -2.55. The molecule has 2 heterocycles. The lowest BCUT2D eigenvalue weighted by Gasteiger charge is -2.47. The molecule has 2 aromatic carbocycles. The number of carbonyl (C=O) groups is 2. The highest BCUT2D eigenvalue weighted by Gasteiger charge is 2.43. The van der Waals surface area contributed by atoms with Crippen LogP contribution in [0.5, 0.6) is 0 Å². The predicted molar refractivity (Wildman–Crippen MR) is 112 cm³/mol. The third-order valence-electron chi connectivity index (χ3n) is 6.40. The van der Waals surface area contributed by atoms with E-state index in [2.05, 4.69) is 0 Å². The number of rotatable bonds is 5. The van der Waals surface area contributed by atoms with Crippen molar-refractivity contribution >= 4 is 11.9 Å². The molecule has 0 aromatic heterocycles. The number of halogens is 1. The molecule has 0 aliphatic carbocycles. The third kappa shape index (κ3) is 4.77. The van der Waals surface area contributed by atoms with Crippen molar-refractivity contribution in [1.29, 1.82) is 5.26 Å². The predicted octanol–water partition coefficient (Wildman–Crippen LogP) is 4.78. The fraction of sp³-hybridized carbons (Fsp3) is 0.400. The Hall–Kier alpha value is -3.20. The molecule has 5 nitrogen and oxygen atoms in total. The summed E-state index contributed by atoms with van der Waals surface area (Å²) in [6.45, 7) is 0.231. The Kier molecular flexibility index (Phi) is 6.31. The van der Waals surface area contributed by atoms with Crippen molar-refractivity contribution in [2.75, 3.05) is 0 Å². The molecular weight excluding hydrogens is 395 g/mol. The maximum atomic E-state index is 13.6. The highest BCUT2D eigenvalue weighted by Crippen LogP contribution is 2.38. The average Bonchev–Trinajstić information content (AvgIpc) is 2.77. The van der Waals surface area contributed by atoms with Crippen LogP contribution in [0, 0.1) is 23.1 Å². The van der Waals surface area contributed by atoms with Gasteiger partial charge in [0, 0.05) is 24.4 Å². The molecule has 2 bridgehead atoms. The molecule has 2 aromatic rings. The molecule has 2 unspecified atom stereocenters. The minimum Gasteiger partial charge on any atom is -0.445 e. The van der Waals surface area contributed by atoms with E-state index >= 15 is 0 Å². The van der Waals surface area contributed by atoms with Crippen LogP contribution in [0.3, 0.4) is 0 Å². The van der Waals surface area contributed by atoms with Crippen molar-refractivity contribution in [3.05, 3.63) is 71.0 Å². The highest BCUT2D eigenvalue weighted by atomic mass is 19.1. The van der Waals surface area contributed by atoms with Gasteiger partial charge in [0.15, 0.2) is 0 Å². The van der Waals surface area contributed by atoms with E-state index in [9.17, 15) is 19.2 Å². The summed E-state index contributed by atoms with van der Waals surface area (Å²) in [5, 5.41) is 9.25. The molecule has 2 fully saturated rings. The van der Waals surface area contributed by atoms with Crippen LogP contribution in [0.4, 0.5) is 9.18 Å². The zero-order chi connectivity index (χ0) is 21.8. The maximum absolute atomic E-state index is 13.6. The Morgan fingerprint density at radius 1 is 1.10 bits per heavy atom. The number of benzene rings is 2. The van der Waals surface area contributed by atoms with E-state index in [1.807, 2.05) is 41.3 Å². The van der Waals surface area contributed by atoms with Crippen molar-refractivity contribution < 1.29 is 18.7 Å². The van der Waals surface area contributed by atoms with E-state index in [1.165, 1.54) is 18.2 Å². The monoisotopic (exact) mass is 420 g/mol. The molecule has 160 valence electrons. The van der Waals surface area contributed by atoms with Gasteiger partial charge in [0.05, 0.1) is 11.6 Å². The highest BCUT2D eigenvalue weighted by molar-refractivity contribution is 5.84. The van der Waals surface area contributed by atoms with Crippen LogP contribution in [0.2, 0.25) is 0 Å². The molecule has 2 atom stereocenters. The van der Waals surface area contributed by atoms with Crippen LogP contribution >= 0.6 is 0 Å². The average molecular weight is 420 g/mol. The second-order valence-corrected chi connectivity index (χ2v) is 8.41. The summed E-state index contributed by atoms with van der Waals surface area (Å²) in [5.74, 6) is -0.630. The van der Waals surface area contributed by atoms with Gasteiger partial charge in [-0.1, -0.05) is 30.3 Å². The van der Waals surface area contributed by atoms with Crippen LogP contribution in [0.1, 0.15) is 48.8 Å². The first-order valence-corrected chi connectivity index (χ1v) is 10.8. The van der Waals surface area contributed by atoms with E-state index in [-0.39, 0.29) is 42.9 Å². The number of nitrogens with zero attached hydrogens (tertiary/aromatic N) is 2. The number of ether oxygens (including phenoxy) is 1. The zero-order valence-corrected chi connectivity index (χ0v) is 17.3. The largest absolute Gasteiger partial charge is 0.445 e. The van der Waals surface area contributed by atoms with Gasteiger partial charge in [-0.25, -0.2) is 9.18 Å². The molecule has 1 amide bonds. The molecule has 2 aliphatic rings. The SMILES string of the molecule is N#Cc1ccc(F)cc1CC(=O)C1CC2CCCC(C1)N2C(=O)OCc1ccccc1. The molecule has 31 heavy (non-hydrogen) atoms. The second-order valence-electron chi connectivity index (χ2n) is 8.41. The summed E-state index contributed by atoms with van der Waals surface area (Å²) in [7, 11) is 0. The van der Waals surface area contributed by atoms with Gasteiger partial charge in [-0.05, 0) is 61.4 Å². The van der Waals surface area contributed by atoms with E-state index in [1.54, 1.807) is 0 Å². The van der Waals surface area contributed by atoms with Gasteiger partial charge in [-0.2, -0.15) is 5.26 Å². The maximum Gasteiger partial charge on any atom is 0.410 e. The Morgan fingerprint density at radius 2 is 1.81 bits per heavy atom. The molecule has 2 saturated heterocycles. The molecular formula is C25H25FN2O3. The zero-order valence-electron chi connectivity index (χ0n) is 17.3. The molecule has 0 N–H and O–H groups in total. The molecule has 0 radical (unpaired) electrons. The molecule has 4 rings (SSSR count). The summed E-state index contributed by atoms with van der Waals surface area (Å²) in [4.78, 5) is 27.6. The Labute approximate surface area is 181 Å². The van der Waals surface area contributed by atoms with Gasteiger partial charge in [-0.15, -0.1) is 0 Å². The van der Waals surface area contributed by atoms with Crippen LogP contribution in [-0.2, 0) is 22.6 Å². The van der Waals surface area contributed by atoms with E-state index in [4.69, 9.17) is 4.74 Å². The van der Waals surface area contributed by atoms with Crippen LogP contribution in [0.15, 0.2) is 48.5 Å². The lowest BCUT2D eigenvalue weighted by atomic mass is 9.76. The standard InChI is InChI=1S/C25H25FN2O3/c26-21-10-9-18(15-27)19(11-21)14-24(29)20-12-22-7-4-8-23(13-20)28(22)25(30)31-16-17-5-2-1-3-6-17/h1-3,5-6,9-11,20,22-23H,4,7-8,12-14,16H2. The van der Waals surface area contributed by atoms with Gasteiger partial charge in [0.2, 0.25) is 0 Å². The van der Waals surface area contributed by atoms with Gasteiger partial charge in [-0.3, -0.25) is 4.79 Å². The number of ketones is 1. The Bertz CT molecular complexity index is 988. The summed E-state index contributed by atoms with van der Waals surface area (Å²) >= 11 is 0. The Morgan fingerprint density at radius 3 is 2.48 bits per heavy atom. The molecule has 0 saturated carbocycles. The normalized spacial score (nSPS) is 22.5. The number of hydrogen-bond acceptors (Lipinski definition) is 4. The van der Waals surface area contributed by atoms with E-state index in [0.29, 0.717) is 24.0 Å². The van der Waals surface area contributed by atoms with E-state index in [0.717, 1.165) is 24.8 Å². The molecule has 2 aliphatic heterocycles. The van der Waals surface area contributed by atoms with Gasteiger partial charge >= 0.3 is 6.09 Å². The van der Waals surface area contributed by atoms with Crippen LogP contribution in [0.25, 0.3) is 0 Å². The lowest BCUT2D eigenvalue weighted by molar-refractivity contribution is -0.126. The van der Waals surface area contributed by atoms with Gasteiger partial charge in [0.25, 0.3) is 0 Å². The minimum atomic E-state index is -0.449. The summed E-state index contributed by atoms with van der Waals surface area (Å²) in [6, 6.07) is 15.5. The molecule has 0 spiro atoms.